The Morgan fingerprint density at radius 2 is 2.19 bits per heavy atom. The topological polar surface area (TPSA) is 51.2 Å². The molecule has 0 aliphatic heterocycles. The summed E-state index contributed by atoms with van der Waals surface area (Å²) in [6.07, 6.45) is 1.59. The second-order valence-electron chi connectivity index (χ2n) is 3.46. The molecule has 1 unspecified atom stereocenters. The number of nitrogens with two attached hydrogens (primary N) is 1. The van der Waals surface area contributed by atoms with E-state index < -0.39 is 0 Å². The summed E-state index contributed by atoms with van der Waals surface area (Å²) >= 11 is 0. The van der Waals surface area contributed by atoms with Crippen molar-refractivity contribution in [2.75, 3.05) is 11.9 Å². The summed E-state index contributed by atoms with van der Waals surface area (Å²) in [4.78, 5) is 0. The summed E-state index contributed by atoms with van der Waals surface area (Å²) in [5.41, 5.74) is 6.32. The first-order valence-electron chi connectivity index (χ1n) is 5.05. The van der Waals surface area contributed by atoms with Gasteiger partial charge in [0.1, 0.15) is 11.6 Å². The van der Waals surface area contributed by atoms with Gasteiger partial charge >= 0.3 is 0 Å². The Bertz CT molecular complexity index is 442. The minimum Gasteiger partial charge on any atom is -0.467 e. The van der Waals surface area contributed by atoms with Crippen LogP contribution < -0.4 is 11.1 Å². The molecule has 2 rings (SSSR count). The number of anilines is 1. The second kappa shape index (κ2) is 4.81. The summed E-state index contributed by atoms with van der Waals surface area (Å²) in [7, 11) is 0. The van der Waals surface area contributed by atoms with Crippen LogP contribution in [0, 0.1) is 5.82 Å². The SMILES string of the molecule is NCC(Nc1cccc(F)c1)c1ccco1. The third kappa shape index (κ3) is 2.41. The molecule has 3 nitrogen and oxygen atoms in total. The van der Waals surface area contributed by atoms with Crippen LogP contribution in [0.4, 0.5) is 10.1 Å². The van der Waals surface area contributed by atoms with E-state index in [9.17, 15) is 4.39 Å². The Kier molecular flexibility index (Phi) is 3.22. The highest BCUT2D eigenvalue weighted by Crippen LogP contribution is 2.19. The maximum atomic E-state index is 13.0. The van der Waals surface area contributed by atoms with Crippen molar-refractivity contribution in [2.45, 2.75) is 6.04 Å². The summed E-state index contributed by atoms with van der Waals surface area (Å²) in [5, 5.41) is 3.11. The van der Waals surface area contributed by atoms with E-state index in [-0.39, 0.29) is 11.9 Å². The van der Waals surface area contributed by atoms with Crippen molar-refractivity contribution >= 4 is 5.69 Å². The van der Waals surface area contributed by atoms with E-state index in [1.165, 1.54) is 12.1 Å². The summed E-state index contributed by atoms with van der Waals surface area (Å²) in [6, 6.07) is 9.75. The number of nitrogens with one attached hydrogen (secondary N) is 1. The lowest BCUT2D eigenvalue weighted by Crippen LogP contribution is -2.20. The zero-order valence-electron chi connectivity index (χ0n) is 8.69. The lowest BCUT2D eigenvalue weighted by Gasteiger charge is -2.15. The molecule has 1 atom stereocenters. The summed E-state index contributed by atoms with van der Waals surface area (Å²) in [6.45, 7) is 0.379. The van der Waals surface area contributed by atoms with Crippen LogP contribution in [0.15, 0.2) is 47.1 Å². The Labute approximate surface area is 93.1 Å². The molecule has 0 amide bonds. The van der Waals surface area contributed by atoms with E-state index >= 15 is 0 Å². The molecule has 0 bridgehead atoms. The lowest BCUT2D eigenvalue weighted by molar-refractivity contribution is 0.481. The summed E-state index contributed by atoms with van der Waals surface area (Å²) < 4.78 is 18.2. The van der Waals surface area contributed by atoms with Crippen molar-refractivity contribution in [3.8, 4) is 0 Å². The zero-order chi connectivity index (χ0) is 11.4. The Hall–Kier alpha value is -1.81. The van der Waals surface area contributed by atoms with E-state index in [2.05, 4.69) is 5.32 Å². The molecule has 1 aromatic carbocycles. The fraction of sp³-hybridized carbons (Fsp3) is 0.167. The third-order valence-electron chi connectivity index (χ3n) is 2.29. The molecule has 2 aromatic rings. The van der Waals surface area contributed by atoms with Crippen LogP contribution in [0.25, 0.3) is 0 Å². The molecular weight excluding hydrogens is 207 g/mol. The smallest absolute Gasteiger partial charge is 0.127 e. The monoisotopic (exact) mass is 220 g/mol. The molecule has 1 aromatic heterocycles. The zero-order valence-corrected chi connectivity index (χ0v) is 8.69. The number of benzene rings is 1. The van der Waals surface area contributed by atoms with Crippen molar-refractivity contribution in [1.82, 2.24) is 0 Å². The van der Waals surface area contributed by atoms with Gasteiger partial charge in [-0.25, -0.2) is 4.39 Å². The van der Waals surface area contributed by atoms with Gasteiger partial charge in [-0.15, -0.1) is 0 Å². The molecule has 1 heterocycles. The largest absolute Gasteiger partial charge is 0.467 e. The van der Waals surface area contributed by atoms with Crippen molar-refractivity contribution in [1.29, 1.82) is 0 Å². The highest BCUT2D eigenvalue weighted by molar-refractivity contribution is 5.44. The van der Waals surface area contributed by atoms with Crippen LogP contribution in [0.3, 0.4) is 0 Å². The van der Waals surface area contributed by atoms with Gasteiger partial charge in [-0.3, -0.25) is 0 Å². The number of hydrogen-bond donors (Lipinski definition) is 2. The molecule has 0 aliphatic carbocycles. The van der Waals surface area contributed by atoms with Crippen LogP contribution in [0.1, 0.15) is 11.8 Å². The van der Waals surface area contributed by atoms with Crippen LogP contribution in [-0.2, 0) is 0 Å². The predicted molar refractivity (Wildman–Crippen MR) is 60.5 cm³/mol. The van der Waals surface area contributed by atoms with Crippen LogP contribution >= 0.6 is 0 Å². The van der Waals surface area contributed by atoms with Crippen LogP contribution in [-0.4, -0.2) is 6.54 Å². The molecule has 84 valence electrons. The molecule has 0 saturated heterocycles. The minimum absolute atomic E-state index is 0.142. The van der Waals surface area contributed by atoms with Gasteiger partial charge < -0.3 is 15.5 Å². The van der Waals surface area contributed by atoms with Gasteiger partial charge in [0.15, 0.2) is 0 Å². The van der Waals surface area contributed by atoms with Crippen molar-refractivity contribution in [3.05, 3.63) is 54.2 Å². The van der Waals surface area contributed by atoms with Gasteiger partial charge in [-0.05, 0) is 30.3 Å². The number of rotatable bonds is 4. The quantitative estimate of drug-likeness (QED) is 0.832. The number of hydrogen-bond acceptors (Lipinski definition) is 3. The minimum atomic E-state index is -0.278. The van der Waals surface area contributed by atoms with Gasteiger partial charge in [0.05, 0.1) is 12.3 Å². The molecule has 0 fully saturated rings. The van der Waals surface area contributed by atoms with E-state index in [1.54, 1.807) is 24.5 Å². The molecule has 0 saturated carbocycles. The molecule has 0 radical (unpaired) electrons. The molecular formula is C12H13FN2O. The normalized spacial score (nSPS) is 12.4. The van der Waals surface area contributed by atoms with Gasteiger partial charge in [-0.1, -0.05) is 6.07 Å². The fourth-order valence-corrected chi connectivity index (χ4v) is 1.52. The molecule has 3 N–H and O–H groups in total. The first-order valence-corrected chi connectivity index (χ1v) is 5.05. The number of furan rings is 1. The second-order valence-corrected chi connectivity index (χ2v) is 3.46. The van der Waals surface area contributed by atoms with Crippen LogP contribution in [0.2, 0.25) is 0 Å². The average molecular weight is 220 g/mol. The van der Waals surface area contributed by atoms with E-state index in [1.807, 2.05) is 6.07 Å². The highest BCUT2D eigenvalue weighted by atomic mass is 19.1. The summed E-state index contributed by atoms with van der Waals surface area (Å²) in [5.74, 6) is 0.465. The molecule has 0 aliphatic rings. The van der Waals surface area contributed by atoms with Crippen molar-refractivity contribution < 1.29 is 8.81 Å². The molecule has 0 spiro atoms. The molecule has 4 heteroatoms. The Morgan fingerprint density at radius 3 is 2.81 bits per heavy atom. The van der Waals surface area contributed by atoms with Gasteiger partial charge in [-0.2, -0.15) is 0 Å². The number of halogens is 1. The first-order chi connectivity index (χ1) is 7.79. The highest BCUT2D eigenvalue weighted by Gasteiger charge is 2.11. The van der Waals surface area contributed by atoms with Crippen LogP contribution in [0.5, 0.6) is 0 Å². The predicted octanol–water partition coefficient (Wildman–Crippen LogP) is 2.53. The van der Waals surface area contributed by atoms with Gasteiger partial charge in [0, 0.05) is 12.2 Å². The maximum Gasteiger partial charge on any atom is 0.127 e. The van der Waals surface area contributed by atoms with E-state index in [0.717, 1.165) is 5.76 Å². The van der Waals surface area contributed by atoms with Crippen molar-refractivity contribution in [3.63, 3.8) is 0 Å². The maximum absolute atomic E-state index is 13.0. The van der Waals surface area contributed by atoms with E-state index in [4.69, 9.17) is 10.2 Å². The average Bonchev–Trinajstić information content (AvgIpc) is 2.79. The van der Waals surface area contributed by atoms with Gasteiger partial charge in [0.2, 0.25) is 0 Å². The molecule has 16 heavy (non-hydrogen) atoms. The van der Waals surface area contributed by atoms with Crippen molar-refractivity contribution in [2.24, 2.45) is 5.73 Å². The Morgan fingerprint density at radius 1 is 1.31 bits per heavy atom. The lowest BCUT2D eigenvalue weighted by atomic mass is 10.2. The van der Waals surface area contributed by atoms with Gasteiger partial charge in [0.25, 0.3) is 0 Å². The third-order valence-corrected chi connectivity index (χ3v) is 2.29. The Balaban J connectivity index is 2.13. The first kappa shape index (κ1) is 10.7. The van der Waals surface area contributed by atoms with E-state index in [0.29, 0.717) is 12.2 Å². The standard InChI is InChI=1S/C12H13FN2O/c13-9-3-1-4-10(7-9)15-11(8-14)12-5-2-6-16-12/h1-7,11,15H,8,14H2. The fourth-order valence-electron chi connectivity index (χ4n) is 1.52.